The summed E-state index contributed by atoms with van der Waals surface area (Å²) in [6, 6.07) is 19.3. The maximum Gasteiger partial charge on any atom is 0.0733 e. The minimum atomic E-state index is -0.277. The molecule has 3 rings (SSSR count). The molecule has 0 saturated heterocycles. The van der Waals surface area contributed by atoms with E-state index >= 15 is 0 Å². The molecule has 2 heteroatoms. The van der Waals surface area contributed by atoms with Gasteiger partial charge in [-0.1, -0.05) is 54.6 Å². The highest BCUT2D eigenvalue weighted by molar-refractivity contribution is 5.29. The van der Waals surface area contributed by atoms with E-state index in [1.165, 1.54) is 16.7 Å². The predicted octanol–water partition coefficient (Wildman–Crippen LogP) is 3.13. The number of fused-ring (bicyclic) bond motifs is 1. The number of benzene rings is 2. The first kappa shape index (κ1) is 15.3. The van der Waals surface area contributed by atoms with Gasteiger partial charge in [0.25, 0.3) is 0 Å². The Morgan fingerprint density at radius 1 is 0.955 bits per heavy atom. The van der Waals surface area contributed by atoms with E-state index in [0.717, 1.165) is 38.6 Å². The Balaban J connectivity index is 1.47. The largest absolute Gasteiger partial charge is 0.391 e. The standard InChI is InChI=1S/C20H25NO/c22-20-15-18-11-5-4-10-17(18)12-13-19(20)21-14-6-9-16-7-2-1-3-8-16/h1-5,7-8,10-11,19-22H,6,9,12-15H2. The van der Waals surface area contributed by atoms with Crippen molar-refractivity contribution < 1.29 is 5.11 Å². The van der Waals surface area contributed by atoms with Crippen LogP contribution in [0.1, 0.15) is 29.5 Å². The highest BCUT2D eigenvalue weighted by atomic mass is 16.3. The number of aliphatic hydroxyl groups excluding tert-OH is 1. The van der Waals surface area contributed by atoms with E-state index in [1.54, 1.807) is 0 Å². The van der Waals surface area contributed by atoms with Crippen LogP contribution >= 0.6 is 0 Å². The lowest BCUT2D eigenvalue weighted by atomic mass is 10.0. The lowest BCUT2D eigenvalue weighted by Gasteiger charge is -2.22. The normalized spacial score (nSPS) is 21.1. The topological polar surface area (TPSA) is 32.3 Å². The summed E-state index contributed by atoms with van der Waals surface area (Å²) < 4.78 is 0. The Labute approximate surface area is 133 Å². The second-order valence-electron chi connectivity index (χ2n) is 6.23. The molecule has 0 radical (unpaired) electrons. The fraction of sp³-hybridized carbons (Fsp3) is 0.400. The third-order valence-corrected chi connectivity index (χ3v) is 4.63. The molecule has 0 fully saturated rings. The minimum Gasteiger partial charge on any atom is -0.391 e. The summed E-state index contributed by atoms with van der Waals surface area (Å²) in [5, 5.41) is 14.0. The zero-order chi connectivity index (χ0) is 15.2. The van der Waals surface area contributed by atoms with Crippen LogP contribution < -0.4 is 5.32 Å². The van der Waals surface area contributed by atoms with Crippen LogP contribution in [0, 0.1) is 0 Å². The molecule has 1 aliphatic carbocycles. The van der Waals surface area contributed by atoms with E-state index in [2.05, 4.69) is 59.9 Å². The van der Waals surface area contributed by atoms with E-state index < -0.39 is 0 Å². The molecule has 0 bridgehead atoms. The van der Waals surface area contributed by atoms with Gasteiger partial charge in [-0.3, -0.25) is 0 Å². The van der Waals surface area contributed by atoms with Gasteiger partial charge in [0.15, 0.2) is 0 Å². The smallest absolute Gasteiger partial charge is 0.0733 e. The molecule has 2 aromatic carbocycles. The quantitative estimate of drug-likeness (QED) is 0.656. The Hall–Kier alpha value is -1.64. The minimum absolute atomic E-state index is 0.211. The van der Waals surface area contributed by atoms with Crippen molar-refractivity contribution in [1.82, 2.24) is 5.32 Å². The first-order valence-corrected chi connectivity index (χ1v) is 8.35. The van der Waals surface area contributed by atoms with Crippen LogP contribution in [0.2, 0.25) is 0 Å². The fourth-order valence-corrected chi connectivity index (χ4v) is 3.33. The summed E-state index contributed by atoms with van der Waals surface area (Å²) in [5.41, 5.74) is 4.09. The molecule has 0 saturated carbocycles. The van der Waals surface area contributed by atoms with Crippen LogP contribution in [-0.2, 0) is 19.3 Å². The van der Waals surface area contributed by atoms with Crippen LogP contribution in [0.3, 0.4) is 0 Å². The van der Waals surface area contributed by atoms with Crippen LogP contribution in [0.25, 0.3) is 0 Å². The first-order valence-electron chi connectivity index (χ1n) is 8.35. The lowest BCUT2D eigenvalue weighted by Crippen LogP contribution is -2.41. The van der Waals surface area contributed by atoms with Crippen LogP contribution in [0.15, 0.2) is 54.6 Å². The molecule has 2 nitrogen and oxygen atoms in total. The summed E-state index contributed by atoms with van der Waals surface area (Å²) >= 11 is 0. The van der Waals surface area contributed by atoms with Crippen molar-refractivity contribution in [3.63, 3.8) is 0 Å². The third-order valence-electron chi connectivity index (χ3n) is 4.63. The summed E-state index contributed by atoms with van der Waals surface area (Å²) in [6.07, 6.45) is 4.77. The molecular weight excluding hydrogens is 270 g/mol. The highest BCUT2D eigenvalue weighted by Crippen LogP contribution is 2.21. The second-order valence-corrected chi connectivity index (χ2v) is 6.23. The zero-order valence-electron chi connectivity index (χ0n) is 13.0. The monoisotopic (exact) mass is 295 g/mol. The Kier molecular flexibility index (Phi) is 5.25. The molecule has 2 aromatic rings. The molecule has 116 valence electrons. The maximum absolute atomic E-state index is 10.4. The van der Waals surface area contributed by atoms with Crippen LogP contribution in [0.4, 0.5) is 0 Å². The number of rotatable bonds is 5. The van der Waals surface area contributed by atoms with Crippen molar-refractivity contribution in [2.75, 3.05) is 6.54 Å². The average Bonchev–Trinajstić information content (AvgIpc) is 2.71. The number of aliphatic hydroxyl groups is 1. The fourth-order valence-electron chi connectivity index (χ4n) is 3.33. The third kappa shape index (κ3) is 3.96. The van der Waals surface area contributed by atoms with E-state index in [1.807, 2.05) is 0 Å². The molecule has 0 spiro atoms. The van der Waals surface area contributed by atoms with Gasteiger partial charge >= 0.3 is 0 Å². The predicted molar refractivity (Wildman–Crippen MR) is 91.0 cm³/mol. The number of nitrogens with one attached hydrogen (secondary N) is 1. The van der Waals surface area contributed by atoms with Gasteiger partial charge in [0.05, 0.1) is 6.10 Å². The van der Waals surface area contributed by atoms with E-state index in [-0.39, 0.29) is 12.1 Å². The summed E-state index contributed by atoms with van der Waals surface area (Å²) in [5.74, 6) is 0. The number of aryl methyl sites for hydroxylation is 2. The van der Waals surface area contributed by atoms with Gasteiger partial charge in [-0.15, -0.1) is 0 Å². The molecule has 0 aromatic heterocycles. The maximum atomic E-state index is 10.4. The van der Waals surface area contributed by atoms with Gasteiger partial charge in [0.1, 0.15) is 0 Å². The van der Waals surface area contributed by atoms with Gasteiger partial charge in [-0.25, -0.2) is 0 Å². The molecule has 2 atom stereocenters. The second kappa shape index (κ2) is 7.57. The molecule has 0 aliphatic heterocycles. The van der Waals surface area contributed by atoms with Crippen LogP contribution in [-0.4, -0.2) is 23.8 Å². The van der Waals surface area contributed by atoms with Gasteiger partial charge in [0.2, 0.25) is 0 Å². The van der Waals surface area contributed by atoms with Gasteiger partial charge in [-0.2, -0.15) is 0 Å². The molecule has 2 N–H and O–H groups in total. The molecular formula is C20H25NO. The van der Waals surface area contributed by atoms with Crippen molar-refractivity contribution in [3.05, 3.63) is 71.3 Å². The van der Waals surface area contributed by atoms with Crippen molar-refractivity contribution in [2.45, 2.75) is 44.2 Å². The van der Waals surface area contributed by atoms with Gasteiger partial charge in [0, 0.05) is 12.5 Å². The first-order chi connectivity index (χ1) is 10.8. The number of hydrogen-bond acceptors (Lipinski definition) is 2. The highest BCUT2D eigenvalue weighted by Gasteiger charge is 2.23. The van der Waals surface area contributed by atoms with Crippen LogP contribution in [0.5, 0.6) is 0 Å². The summed E-state index contributed by atoms with van der Waals surface area (Å²) in [4.78, 5) is 0. The lowest BCUT2D eigenvalue weighted by molar-refractivity contribution is 0.126. The van der Waals surface area contributed by atoms with Crippen molar-refractivity contribution in [3.8, 4) is 0 Å². The van der Waals surface area contributed by atoms with Crippen molar-refractivity contribution >= 4 is 0 Å². The molecule has 0 amide bonds. The Bertz CT molecular complexity index is 581. The number of hydrogen-bond donors (Lipinski definition) is 2. The van der Waals surface area contributed by atoms with Crippen molar-refractivity contribution in [1.29, 1.82) is 0 Å². The van der Waals surface area contributed by atoms with Gasteiger partial charge in [-0.05, 0) is 48.9 Å². The average molecular weight is 295 g/mol. The zero-order valence-corrected chi connectivity index (χ0v) is 13.0. The van der Waals surface area contributed by atoms with E-state index in [4.69, 9.17) is 0 Å². The molecule has 0 heterocycles. The summed E-state index contributed by atoms with van der Waals surface area (Å²) in [7, 11) is 0. The van der Waals surface area contributed by atoms with E-state index in [0.29, 0.717) is 0 Å². The molecule has 2 unspecified atom stereocenters. The van der Waals surface area contributed by atoms with Crippen molar-refractivity contribution in [2.24, 2.45) is 0 Å². The Morgan fingerprint density at radius 3 is 2.50 bits per heavy atom. The van der Waals surface area contributed by atoms with Gasteiger partial charge < -0.3 is 10.4 Å². The molecule has 22 heavy (non-hydrogen) atoms. The molecule has 1 aliphatic rings. The van der Waals surface area contributed by atoms with E-state index in [9.17, 15) is 5.11 Å². The Morgan fingerprint density at radius 2 is 1.68 bits per heavy atom. The summed E-state index contributed by atoms with van der Waals surface area (Å²) in [6.45, 7) is 0.965. The SMILES string of the molecule is OC1Cc2ccccc2CCC1NCCCc1ccccc1.